The first-order chi connectivity index (χ1) is 8.43. The number of carbonyl (C=O) groups excluding carboxylic acids is 1. The number of esters is 1. The third kappa shape index (κ3) is 4.06. The number of hydrogen-bond donors (Lipinski definition) is 0. The first-order valence-electron chi connectivity index (χ1n) is 5.65. The Kier molecular flexibility index (Phi) is 5.21. The average molecular weight is 272 g/mol. The minimum atomic E-state index is -0.510. The lowest BCUT2D eigenvalue weighted by atomic mass is 10.0. The van der Waals surface area contributed by atoms with Gasteiger partial charge in [0.2, 0.25) is 6.54 Å². The molecule has 1 atom stereocenters. The summed E-state index contributed by atoms with van der Waals surface area (Å²) < 4.78 is 4.84. The van der Waals surface area contributed by atoms with E-state index < -0.39 is 16.8 Å². The molecule has 1 rings (SSSR count). The fraction of sp³-hybridized carbons (Fsp3) is 0.636. The molecule has 0 aliphatic carbocycles. The number of ether oxygens (including phenoxy) is 1. The molecule has 7 heteroatoms. The van der Waals surface area contributed by atoms with Crippen molar-refractivity contribution in [2.45, 2.75) is 33.1 Å². The smallest absolute Gasteiger partial charge is 0.306 e. The van der Waals surface area contributed by atoms with Gasteiger partial charge < -0.3 is 4.74 Å². The Bertz CT molecular complexity index is 444. The number of thiazole rings is 1. The second-order valence-corrected chi connectivity index (χ2v) is 5.30. The van der Waals surface area contributed by atoms with Crippen LogP contribution in [0.4, 0.5) is 0 Å². The van der Waals surface area contributed by atoms with Crippen molar-refractivity contribution in [3.63, 3.8) is 0 Å². The van der Waals surface area contributed by atoms with Gasteiger partial charge in [-0.05, 0) is 20.8 Å². The molecular weight excluding hydrogens is 256 g/mol. The number of aryl methyl sites for hydroxylation is 2. The lowest BCUT2D eigenvalue weighted by Gasteiger charge is -2.10. The summed E-state index contributed by atoms with van der Waals surface area (Å²) in [6.45, 7) is 5.38. The highest BCUT2D eigenvalue weighted by Gasteiger charge is 2.26. The third-order valence-corrected chi connectivity index (χ3v) is 3.32. The maximum absolute atomic E-state index is 11.5. The van der Waals surface area contributed by atoms with Gasteiger partial charge in [-0.2, -0.15) is 0 Å². The summed E-state index contributed by atoms with van der Waals surface area (Å²) in [5.74, 6) is -0.932. The molecule has 6 nitrogen and oxygen atoms in total. The largest absolute Gasteiger partial charge is 0.466 e. The summed E-state index contributed by atoms with van der Waals surface area (Å²) in [6, 6.07) is 0. The lowest BCUT2D eigenvalue weighted by molar-refractivity contribution is -0.483. The van der Waals surface area contributed by atoms with E-state index in [1.807, 2.05) is 13.8 Å². The van der Waals surface area contributed by atoms with Crippen molar-refractivity contribution in [1.82, 2.24) is 4.98 Å². The Hall–Kier alpha value is -1.50. The zero-order valence-corrected chi connectivity index (χ0v) is 11.5. The Morgan fingerprint density at radius 2 is 2.22 bits per heavy atom. The molecule has 0 aliphatic rings. The van der Waals surface area contributed by atoms with Crippen LogP contribution in [0.2, 0.25) is 0 Å². The van der Waals surface area contributed by atoms with Crippen molar-refractivity contribution in [3.05, 3.63) is 25.7 Å². The third-order valence-electron chi connectivity index (χ3n) is 2.41. The van der Waals surface area contributed by atoms with Crippen molar-refractivity contribution >= 4 is 17.3 Å². The average Bonchev–Trinajstić information content (AvgIpc) is 2.56. The Morgan fingerprint density at radius 1 is 1.56 bits per heavy atom. The van der Waals surface area contributed by atoms with Crippen molar-refractivity contribution in [3.8, 4) is 0 Å². The van der Waals surface area contributed by atoms with E-state index in [9.17, 15) is 14.9 Å². The van der Waals surface area contributed by atoms with Gasteiger partial charge in [0.25, 0.3) is 0 Å². The van der Waals surface area contributed by atoms with E-state index in [1.54, 1.807) is 6.92 Å². The number of hydrogen-bond acceptors (Lipinski definition) is 6. The molecule has 1 aromatic rings. The van der Waals surface area contributed by atoms with Crippen LogP contribution in [0.1, 0.15) is 34.8 Å². The van der Waals surface area contributed by atoms with Gasteiger partial charge in [0.15, 0.2) is 0 Å². The Morgan fingerprint density at radius 3 is 2.67 bits per heavy atom. The SMILES string of the molecule is CCOC(=O)CC(C[N+](=O)[O-])c1nc(C)sc1C. The molecule has 100 valence electrons. The predicted molar refractivity (Wildman–Crippen MR) is 67.4 cm³/mol. The van der Waals surface area contributed by atoms with Gasteiger partial charge in [-0.1, -0.05) is 0 Å². The van der Waals surface area contributed by atoms with E-state index in [4.69, 9.17) is 4.74 Å². The number of nitro groups is 1. The van der Waals surface area contributed by atoms with E-state index in [2.05, 4.69) is 4.98 Å². The van der Waals surface area contributed by atoms with Gasteiger partial charge in [-0.15, -0.1) is 11.3 Å². The van der Waals surface area contributed by atoms with Crippen LogP contribution in [0.5, 0.6) is 0 Å². The highest BCUT2D eigenvalue weighted by atomic mass is 32.1. The molecular formula is C11H16N2O4S. The summed E-state index contributed by atoms with van der Waals surface area (Å²) in [4.78, 5) is 26.9. The van der Waals surface area contributed by atoms with Crippen LogP contribution in [0.3, 0.4) is 0 Å². The zero-order valence-electron chi connectivity index (χ0n) is 10.6. The van der Waals surface area contributed by atoms with Crippen molar-refractivity contribution in [2.75, 3.05) is 13.2 Å². The molecule has 1 aromatic heterocycles. The highest BCUT2D eigenvalue weighted by molar-refractivity contribution is 7.11. The van der Waals surface area contributed by atoms with E-state index in [0.29, 0.717) is 5.69 Å². The first-order valence-corrected chi connectivity index (χ1v) is 6.47. The molecule has 0 saturated heterocycles. The van der Waals surface area contributed by atoms with Gasteiger partial charge in [-0.3, -0.25) is 14.9 Å². The monoisotopic (exact) mass is 272 g/mol. The van der Waals surface area contributed by atoms with Crippen molar-refractivity contribution in [2.24, 2.45) is 0 Å². The van der Waals surface area contributed by atoms with E-state index >= 15 is 0 Å². The molecule has 18 heavy (non-hydrogen) atoms. The molecule has 0 bridgehead atoms. The fourth-order valence-electron chi connectivity index (χ4n) is 1.77. The molecule has 0 spiro atoms. The van der Waals surface area contributed by atoms with Crippen LogP contribution in [0.15, 0.2) is 0 Å². The van der Waals surface area contributed by atoms with Gasteiger partial charge in [0.05, 0.1) is 29.6 Å². The number of nitrogens with zero attached hydrogens (tertiary/aromatic N) is 2. The van der Waals surface area contributed by atoms with Crippen LogP contribution in [0.25, 0.3) is 0 Å². The highest BCUT2D eigenvalue weighted by Crippen LogP contribution is 2.27. The summed E-state index contributed by atoms with van der Waals surface area (Å²) in [6.07, 6.45) is -0.00116. The molecule has 0 amide bonds. The van der Waals surface area contributed by atoms with Gasteiger partial charge in [0.1, 0.15) is 0 Å². The standard InChI is InChI=1S/C11H16N2O4S/c1-4-17-10(14)5-9(6-13(15)16)11-7(2)18-8(3)12-11/h9H,4-6H2,1-3H3. The molecule has 0 aliphatic heterocycles. The topological polar surface area (TPSA) is 82.3 Å². The van der Waals surface area contributed by atoms with Crippen LogP contribution in [0, 0.1) is 24.0 Å². The normalized spacial score (nSPS) is 12.2. The van der Waals surface area contributed by atoms with Gasteiger partial charge >= 0.3 is 5.97 Å². The van der Waals surface area contributed by atoms with Crippen molar-refractivity contribution in [1.29, 1.82) is 0 Å². The number of aromatic nitrogens is 1. The maximum Gasteiger partial charge on any atom is 0.306 e. The quantitative estimate of drug-likeness (QED) is 0.450. The minimum Gasteiger partial charge on any atom is -0.466 e. The maximum atomic E-state index is 11.5. The number of carbonyl (C=O) groups is 1. The van der Waals surface area contributed by atoms with Gasteiger partial charge in [0, 0.05) is 9.80 Å². The fourth-order valence-corrected chi connectivity index (χ4v) is 2.68. The van der Waals surface area contributed by atoms with E-state index in [0.717, 1.165) is 9.88 Å². The first kappa shape index (κ1) is 14.6. The summed E-state index contributed by atoms with van der Waals surface area (Å²) in [5.41, 5.74) is 0.641. The molecule has 0 radical (unpaired) electrons. The van der Waals surface area contributed by atoms with Crippen LogP contribution in [-0.4, -0.2) is 29.0 Å². The van der Waals surface area contributed by atoms with Crippen LogP contribution >= 0.6 is 11.3 Å². The second kappa shape index (κ2) is 6.44. The molecule has 0 N–H and O–H groups in total. The predicted octanol–water partition coefficient (Wildman–Crippen LogP) is 2.07. The molecule has 0 aromatic carbocycles. The molecule has 1 heterocycles. The summed E-state index contributed by atoms with van der Waals surface area (Å²) in [7, 11) is 0. The Labute approximate surface area is 109 Å². The lowest BCUT2D eigenvalue weighted by Crippen LogP contribution is -2.19. The molecule has 1 unspecified atom stereocenters. The van der Waals surface area contributed by atoms with E-state index in [1.165, 1.54) is 11.3 Å². The van der Waals surface area contributed by atoms with Gasteiger partial charge in [-0.25, -0.2) is 4.98 Å². The second-order valence-electron chi connectivity index (χ2n) is 3.90. The van der Waals surface area contributed by atoms with Crippen LogP contribution < -0.4 is 0 Å². The van der Waals surface area contributed by atoms with E-state index in [-0.39, 0.29) is 19.6 Å². The van der Waals surface area contributed by atoms with Crippen molar-refractivity contribution < 1.29 is 14.5 Å². The van der Waals surface area contributed by atoms with Crippen LogP contribution in [-0.2, 0) is 9.53 Å². The minimum absolute atomic E-state index is 0.00116. The zero-order chi connectivity index (χ0) is 13.7. The summed E-state index contributed by atoms with van der Waals surface area (Å²) in [5, 5.41) is 11.5. The Balaban J connectivity index is 2.87. The number of rotatable bonds is 6. The summed E-state index contributed by atoms with van der Waals surface area (Å²) >= 11 is 1.48. The molecule has 0 saturated carbocycles. The molecule has 0 fully saturated rings.